The van der Waals surface area contributed by atoms with Gasteiger partial charge in [0.05, 0.1) is 16.1 Å². The van der Waals surface area contributed by atoms with Gasteiger partial charge in [-0.2, -0.15) is 0 Å². The van der Waals surface area contributed by atoms with Gasteiger partial charge < -0.3 is 0 Å². The molecule has 2 atom stereocenters. The Bertz CT molecular complexity index is 241. The van der Waals surface area contributed by atoms with E-state index in [-0.39, 0.29) is 5.78 Å². The molecule has 1 fully saturated rings. The number of piperidine rings is 1. The van der Waals surface area contributed by atoms with Gasteiger partial charge in [-0.3, -0.25) is 15.1 Å². The monoisotopic (exact) mass is 311 g/mol. The van der Waals surface area contributed by atoms with Crippen LogP contribution in [0.4, 0.5) is 0 Å². The van der Waals surface area contributed by atoms with Gasteiger partial charge in [0.1, 0.15) is 4.83 Å². The number of hydroxylamine groups is 2. The van der Waals surface area contributed by atoms with E-state index < -0.39 is 15.2 Å². The number of nitrogens with zero attached hydrogens (tertiary/aromatic N) is 1. The summed E-state index contributed by atoms with van der Waals surface area (Å²) in [5.74, 6) is -0.0136. The Hall–Kier alpha value is 0.130. The largest absolute Gasteiger partial charge is 0.297 e. The standard InChI is InChI=1S/C8H11Br2NO2/c1-4-5(9)6(12)7(10)8(2,3)11(4)13/h5,7,13H,1H2,2-3H3. The smallest absolute Gasteiger partial charge is 0.168 e. The summed E-state index contributed by atoms with van der Waals surface area (Å²) < 4.78 is 0. The lowest BCUT2D eigenvalue weighted by molar-refractivity contribution is -0.154. The molecule has 13 heavy (non-hydrogen) atoms. The number of hydrogen-bond donors (Lipinski definition) is 1. The lowest BCUT2D eigenvalue weighted by Gasteiger charge is -2.44. The first-order chi connectivity index (χ1) is 5.80. The van der Waals surface area contributed by atoms with Crippen LogP contribution >= 0.6 is 31.9 Å². The molecule has 0 aromatic rings. The van der Waals surface area contributed by atoms with E-state index in [1.807, 2.05) is 0 Å². The summed E-state index contributed by atoms with van der Waals surface area (Å²) in [6, 6.07) is 0. The highest BCUT2D eigenvalue weighted by Crippen LogP contribution is 2.36. The van der Waals surface area contributed by atoms with Crippen LogP contribution in [0.3, 0.4) is 0 Å². The number of halogens is 2. The third kappa shape index (κ3) is 1.57. The maximum atomic E-state index is 11.6. The van der Waals surface area contributed by atoms with Crippen molar-refractivity contribution in [2.75, 3.05) is 0 Å². The van der Waals surface area contributed by atoms with Gasteiger partial charge in [0.2, 0.25) is 0 Å². The van der Waals surface area contributed by atoms with Crippen molar-refractivity contribution in [3.05, 3.63) is 12.3 Å². The number of ketones is 1. The van der Waals surface area contributed by atoms with Gasteiger partial charge in [-0.15, -0.1) is 0 Å². The van der Waals surface area contributed by atoms with Gasteiger partial charge in [0.15, 0.2) is 5.78 Å². The van der Waals surface area contributed by atoms with E-state index in [0.29, 0.717) is 5.70 Å². The molecule has 0 aromatic carbocycles. The van der Waals surface area contributed by atoms with E-state index in [1.54, 1.807) is 13.8 Å². The van der Waals surface area contributed by atoms with Crippen LogP contribution in [0.2, 0.25) is 0 Å². The Morgan fingerprint density at radius 3 is 2.46 bits per heavy atom. The van der Waals surface area contributed by atoms with Crippen molar-refractivity contribution in [2.24, 2.45) is 0 Å². The maximum absolute atomic E-state index is 11.6. The zero-order valence-corrected chi connectivity index (χ0v) is 10.6. The van der Waals surface area contributed by atoms with Crippen molar-refractivity contribution < 1.29 is 10.0 Å². The van der Waals surface area contributed by atoms with Crippen molar-refractivity contribution in [3.8, 4) is 0 Å². The van der Waals surface area contributed by atoms with Crippen LogP contribution < -0.4 is 0 Å². The molecule has 0 bridgehead atoms. The summed E-state index contributed by atoms with van der Waals surface area (Å²) in [5, 5.41) is 10.7. The summed E-state index contributed by atoms with van der Waals surface area (Å²) in [7, 11) is 0. The number of carbonyl (C=O) groups is 1. The van der Waals surface area contributed by atoms with Gasteiger partial charge >= 0.3 is 0 Å². The molecule has 0 radical (unpaired) electrons. The van der Waals surface area contributed by atoms with Crippen molar-refractivity contribution in [1.29, 1.82) is 0 Å². The highest BCUT2D eigenvalue weighted by atomic mass is 79.9. The molecule has 2 unspecified atom stereocenters. The van der Waals surface area contributed by atoms with Crippen molar-refractivity contribution >= 4 is 37.6 Å². The third-order valence-electron chi connectivity index (χ3n) is 2.23. The first-order valence-corrected chi connectivity index (χ1v) is 5.63. The second-order valence-electron chi connectivity index (χ2n) is 3.58. The summed E-state index contributed by atoms with van der Waals surface area (Å²) >= 11 is 6.43. The summed E-state index contributed by atoms with van der Waals surface area (Å²) in [6.07, 6.45) is 0. The number of hydrogen-bond acceptors (Lipinski definition) is 3. The lowest BCUT2D eigenvalue weighted by Crippen LogP contribution is -2.58. The van der Waals surface area contributed by atoms with Crippen molar-refractivity contribution in [3.63, 3.8) is 0 Å². The van der Waals surface area contributed by atoms with E-state index in [2.05, 4.69) is 38.4 Å². The maximum Gasteiger partial charge on any atom is 0.168 e. The van der Waals surface area contributed by atoms with Crippen LogP contribution in [0, 0.1) is 0 Å². The van der Waals surface area contributed by atoms with Crippen LogP contribution in [0.1, 0.15) is 13.8 Å². The molecule has 0 saturated carbocycles. The third-order valence-corrected chi connectivity index (χ3v) is 4.78. The molecule has 1 heterocycles. The predicted molar refractivity (Wildman–Crippen MR) is 57.3 cm³/mol. The van der Waals surface area contributed by atoms with E-state index in [4.69, 9.17) is 0 Å². The lowest BCUT2D eigenvalue weighted by atomic mass is 9.90. The Morgan fingerprint density at radius 2 is 2.00 bits per heavy atom. The molecule has 1 aliphatic heterocycles. The topological polar surface area (TPSA) is 40.5 Å². The molecule has 5 heteroatoms. The molecule has 0 aliphatic carbocycles. The number of carbonyl (C=O) groups excluding carboxylic acids is 1. The fourth-order valence-corrected chi connectivity index (χ4v) is 2.50. The van der Waals surface area contributed by atoms with Crippen LogP contribution in [-0.2, 0) is 4.79 Å². The molecular weight excluding hydrogens is 302 g/mol. The Kier molecular flexibility index (Phi) is 2.90. The molecule has 1 saturated heterocycles. The van der Waals surface area contributed by atoms with Gasteiger partial charge in [-0.05, 0) is 13.8 Å². The first kappa shape index (κ1) is 11.2. The minimum Gasteiger partial charge on any atom is -0.297 e. The number of Topliss-reactive ketones (excluding diaryl/α,β-unsaturated/α-hetero) is 1. The summed E-state index contributed by atoms with van der Waals surface area (Å²) in [6.45, 7) is 7.19. The molecule has 0 spiro atoms. The molecule has 0 amide bonds. The number of allylic oxidation sites excluding steroid dienone is 1. The van der Waals surface area contributed by atoms with Crippen molar-refractivity contribution in [2.45, 2.75) is 29.0 Å². The molecule has 1 rings (SSSR count). The molecule has 74 valence electrons. The van der Waals surface area contributed by atoms with Gasteiger partial charge in [0, 0.05) is 0 Å². The van der Waals surface area contributed by atoms with Crippen molar-refractivity contribution in [1.82, 2.24) is 5.06 Å². The van der Waals surface area contributed by atoms with E-state index in [1.165, 1.54) is 0 Å². The zero-order valence-electron chi connectivity index (χ0n) is 7.42. The molecular formula is C8H11Br2NO2. The van der Waals surface area contributed by atoms with Crippen LogP contribution in [0.15, 0.2) is 12.3 Å². The number of alkyl halides is 2. The Morgan fingerprint density at radius 1 is 1.54 bits per heavy atom. The van der Waals surface area contributed by atoms with E-state index in [0.717, 1.165) is 5.06 Å². The van der Waals surface area contributed by atoms with Crippen LogP contribution in [-0.4, -0.2) is 31.2 Å². The number of rotatable bonds is 0. The normalized spacial score (nSPS) is 33.8. The van der Waals surface area contributed by atoms with E-state index >= 15 is 0 Å². The minimum atomic E-state index is -0.654. The average Bonchev–Trinajstić information content (AvgIpc) is 2.09. The second-order valence-corrected chi connectivity index (χ2v) is 5.42. The molecule has 1 aliphatic rings. The Labute approximate surface area is 94.0 Å². The van der Waals surface area contributed by atoms with E-state index in [9.17, 15) is 10.0 Å². The quantitative estimate of drug-likeness (QED) is 0.696. The zero-order chi connectivity index (χ0) is 10.4. The first-order valence-electron chi connectivity index (χ1n) is 3.80. The van der Waals surface area contributed by atoms with Crippen LogP contribution in [0.5, 0.6) is 0 Å². The average molecular weight is 313 g/mol. The summed E-state index contributed by atoms with van der Waals surface area (Å²) in [4.78, 5) is 10.7. The molecule has 1 N–H and O–H groups in total. The van der Waals surface area contributed by atoms with Gasteiger partial charge in [-0.25, -0.2) is 0 Å². The second kappa shape index (κ2) is 3.37. The minimum absolute atomic E-state index is 0.0136. The molecule has 0 aromatic heterocycles. The van der Waals surface area contributed by atoms with Crippen LogP contribution in [0.25, 0.3) is 0 Å². The fraction of sp³-hybridized carbons (Fsp3) is 0.625. The highest BCUT2D eigenvalue weighted by molar-refractivity contribution is 9.10. The molecule has 3 nitrogen and oxygen atoms in total. The fourth-order valence-electron chi connectivity index (χ4n) is 1.23. The highest BCUT2D eigenvalue weighted by Gasteiger charge is 2.47. The summed E-state index contributed by atoms with van der Waals surface area (Å²) in [5.41, 5.74) is -0.274. The SMILES string of the molecule is C=C1C(Br)C(=O)C(Br)C(C)(C)N1O. The Balaban J connectivity index is 3.07. The van der Waals surface area contributed by atoms with Gasteiger partial charge in [0.25, 0.3) is 0 Å². The van der Waals surface area contributed by atoms with Gasteiger partial charge in [-0.1, -0.05) is 38.4 Å². The predicted octanol–water partition coefficient (Wildman–Crippen LogP) is 2.08.